The van der Waals surface area contributed by atoms with E-state index in [2.05, 4.69) is 6.58 Å². The average molecular weight is 253 g/mol. The van der Waals surface area contributed by atoms with E-state index in [1.807, 2.05) is 0 Å². The first-order chi connectivity index (χ1) is 7.58. The highest BCUT2D eigenvalue weighted by atomic mass is 19.4. The molecule has 0 aromatic rings. The van der Waals surface area contributed by atoms with Crippen LogP contribution in [0.3, 0.4) is 0 Å². The van der Waals surface area contributed by atoms with Crippen LogP contribution in [0.5, 0.6) is 0 Å². The van der Waals surface area contributed by atoms with Gasteiger partial charge in [-0.05, 0) is 12.3 Å². The number of carboxylic acid groups (broad SMARTS) is 1. The van der Waals surface area contributed by atoms with Gasteiger partial charge >= 0.3 is 18.1 Å². The highest BCUT2D eigenvalue weighted by molar-refractivity contribution is 5.90. The molecule has 1 amide bonds. The van der Waals surface area contributed by atoms with Crippen LogP contribution in [0.25, 0.3) is 0 Å². The Hall–Kier alpha value is -1.53. The van der Waals surface area contributed by atoms with Crippen molar-refractivity contribution in [1.29, 1.82) is 0 Å². The summed E-state index contributed by atoms with van der Waals surface area (Å²) in [7, 11) is 0. The minimum atomic E-state index is -5.11. The van der Waals surface area contributed by atoms with Gasteiger partial charge in [-0.2, -0.15) is 13.2 Å². The molecule has 0 bridgehead atoms. The number of carboxylic acids is 1. The lowest BCUT2D eigenvalue weighted by molar-refractivity contribution is -0.178. The van der Waals surface area contributed by atoms with Gasteiger partial charge in [0, 0.05) is 0 Å². The fourth-order valence-electron chi connectivity index (χ4n) is 1.32. The second-order valence-electron chi connectivity index (χ2n) is 3.88. The van der Waals surface area contributed by atoms with Crippen LogP contribution in [0.1, 0.15) is 20.3 Å². The number of carbonyl (C=O) groups is 2. The first kappa shape index (κ1) is 15.5. The summed E-state index contributed by atoms with van der Waals surface area (Å²) in [5.74, 6) is -4.51. The van der Waals surface area contributed by atoms with Crippen molar-refractivity contribution in [3.63, 3.8) is 0 Å². The summed E-state index contributed by atoms with van der Waals surface area (Å²) < 4.78 is 36.3. The molecule has 0 aliphatic carbocycles. The summed E-state index contributed by atoms with van der Waals surface area (Å²) in [5, 5.41) is 10.5. The van der Waals surface area contributed by atoms with Crippen molar-refractivity contribution in [2.45, 2.75) is 32.0 Å². The highest BCUT2D eigenvalue weighted by Crippen LogP contribution is 2.25. The zero-order chi connectivity index (χ0) is 13.9. The molecule has 17 heavy (non-hydrogen) atoms. The van der Waals surface area contributed by atoms with Gasteiger partial charge in [0.25, 0.3) is 0 Å². The second-order valence-corrected chi connectivity index (χ2v) is 3.88. The van der Waals surface area contributed by atoms with Gasteiger partial charge in [-0.1, -0.05) is 19.9 Å². The number of halogens is 3. The van der Waals surface area contributed by atoms with Crippen molar-refractivity contribution in [1.82, 2.24) is 5.32 Å². The maximum atomic E-state index is 12.1. The van der Waals surface area contributed by atoms with Gasteiger partial charge in [-0.15, -0.1) is 6.58 Å². The summed E-state index contributed by atoms with van der Waals surface area (Å²) in [6, 6.07) is 0. The van der Waals surface area contributed by atoms with Crippen LogP contribution in [0.15, 0.2) is 12.7 Å². The predicted molar refractivity (Wildman–Crippen MR) is 54.2 cm³/mol. The van der Waals surface area contributed by atoms with Crippen molar-refractivity contribution < 1.29 is 27.9 Å². The first-order valence-electron chi connectivity index (χ1n) is 4.81. The summed E-state index contributed by atoms with van der Waals surface area (Å²) in [4.78, 5) is 21.9. The second kappa shape index (κ2) is 5.20. The van der Waals surface area contributed by atoms with Crippen molar-refractivity contribution in [2.24, 2.45) is 5.92 Å². The van der Waals surface area contributed by atoms with E-state index in [0.29, 0.717) is 0 Å². The molecule has 0 aromatic carbocycles. The van der Waals surface area contributed by atoms with Crippen molar-refractivity contribution >= 4 is 11.9 Å². The molecular weight excluding hydrogens is 239 g/mol. The zero-order valence-electron chi connectivity index (χ0n) is 9.47. The summed E-state index contributed by atoms with van der Waals surface area (Å²) in [6.45, 7) is 6.11. The maximum absolute atomic E-state index is 12.1. The molecule has 1 atom stereocenters. The molecule has 0 saturated heterocycles. The third-order valence-electron chi connectivity index (χ3n) is 2.43. The Kier molecular flexibility index (Phi) is 4.73. The van der Waals surface area contributed by atoms with Crippen LogP contribution < -0.4 is 5.32 Å². The average Bonchev–Trinajstić information content (AvgIpc) is 2.14. The minimum absolute atomic E-state index is 0.290. The maximum Gasteiger partial charge on any atom is 0.471 e. The first-order valence-corrected chi connectivity index (χ1v) is 4.81. The molecule has 0 unspecified atom stereocenters. The molecule has 98 valence electrons. The number of hydrogen-bond donors (Lipinski definition) is 2. The van der Waals surface area contributed by atoms with Crippen LogP contribution in [-0.2, 0) is 9.59 Å². The number of nitrogens with one attached hydrogen (secondary N) is 1. The summed E-state index contributed by atoms with van der Waals surface area (Å²) >= 11 is 0. The van der Waals surface area contributed by atoms with Gasteiger partial charge in [0.15, 0.2) is 0 Å². The van der Waals surface area contributed by atoms with E-state index in [1.54, 1.807) is 0 Å². The zero-order valence-corrected chi connectivity index (χ0v) is 9.47. The SMILES string of the molecule is C=CC[C@@](NC(=O)C(F)(F)F)(C(=O)O)C(C)C. The van der Waals surface area contributed by atoms with Crippen LogP contribution in [0, 0.1) is 5.92 Å². The lowest BCUT2D eigenvalue weighted by atomic mass is 9.83. The molecule has 0 saturated carbocycles. The number of alkyl halides is 3. The van der Waals surface area contributed by atoms with E-state index in [0.717, 1.165) is 6.08 Å². The molecule has 4 nitrogen and oxygen atoms in total. The quantitative estimate of drug-likeness (QED) is 0.733. The molecule has 0 aliphatic heterocycles. The molecule has 2 N–H and O–H groups in total. The Bertz CT molecular complexity index is 325. The van der Waals surface area contributed by atoms with Gasteiger partial charge in [-0.3, -0.25) is 4.79 Å². The van der Waals surface area contributed by atoms with Crippen molar-refractivity contribution in [3.05, 3.63) is 12.7 Å². The van der Waals surface area contributed by atoms with E-state index in [4.69, 9.17) is 5.11 Å². The van der Waals surface area contributed by atoms with Crippen LogP contribution >= 0.6 is 0 Å². The third kappa shape index (κ3) is 3.47. The molecule has 0 aromatic heterocycles. The van der Waals surface area contributed by atoms with Crippen LogP contribution in [-0.4, -0.2) is 28.7 Å². The van der Waals surface area contributed by atoms with Crippen molar-refractivity contribution in [3.8, 4) is 0 Å². The largest absolute Gasteiger partial charge is 0.479 e. The van der Waals surface area contributed by atoms with Gasteiger partial charge in [0.05, 0.1) is 0 Å². The molecule has 0 radical (unpaired) electrons. The van der Waals surface area contributed by atoms with Gasteiger partial charge in [0.2, 0.25) is 0 Å². The fraction of sp³-hybridized carbons (Fsp3) is 0.600. The number of hydrogen-bond acceptors (Lipinski definition) is 2. The Balaban J connectivity index is 5.26. The molecule has 0 spiro atoms. The molecular formula is C10H14F3NO3. The van der Waals surface area contributed by atoms with E-state index in [1.165, 1.54) is 19.2 Å². The van der Waals surface area contributed by atoms with E-state index >= 15 is 0 Å². The minimum Gasteiger partial charge on any atom is -0.479 e. The van der Waals surface area contributed by atoms with Gasteiger partial charge in [-0.25, -0.2) is 4.79 Å². The van der Waals surface area contributed by atoms with E-state index in [-0.39, 0.29) is 6.42 Å². The molecule has 7 heteroatoms. The third-order valence-corrected chi connectivity index (χ3v) is 2.43. The number of aliphatic carboxylic acids is 1. The molecule has 0 aliphatic rings. The lowest BCUT2D eigenvalue weighted by Crippen LogP contribution is -2.60. The number of amides is 1. The predicted octanol–water partition coefficient (Wildman–Crippen LogP) is 1.72. The molecule has 0 heterocycles. The highest BCUT2D eigenvalue weighted by Gasteiger charge is 2.48. The topological polar surface area (TPSA) is 66.4 Å². The van der Waals surface area contributed by atoms with Gasteiger partial charge < -0.3 is 10.4 Å². The summed E-state index contributed by atoms with van der Waals surface area (Å²) in [6.07, 6.45) is -4.25. The Morgan fingerprint density at radius 2 is 1.88 bits per heavy atom. The van der Waals surface area contributed by atoms with Crippen LogP contribution in [0.4, 0.5) is 13.2 Å². The normalized spacial score (nSPS) is 15.2. The van der Waals surface area contributed by atoms with Crippen LogP contribution in [0.2, 0.25) is 0 Å². The van der Waals surface area contributed by atoms with Crippen molar-refractivity contribution in [2.75, 3.05) is 0 Å². The molecule has 0 fully saturated rings. The van der Waals surface area contributed by atoms with E-state index < -0.39 is 29.5 Å². The Morgan fingerprint density at radius 3 is 2.12 bits per heavy atom. The smallest absolute Gasteiger partial charge is 0.471 e. The number of rotatable bonds is 5. The monoisotopic (exact) mass is 253 g/mol. The summed E-state index contributed by atoms with van der Waals surface area (Å²) in [5.41, 5.74) is -1.99. The Morgan fingerprint density at radius 1 is 1.41 bits per heavy atom. The lowest BCUT2D eigenvalue weighted by Gasteiger charge is -2.33. The number of carbonyl (C=O) groups excluding carboxylic acids is 1. The fourth-order valence-corrected chi connectivity index (χ4v) is 1.32. The standard InChI is InChI=1S/C10H14F3NO3/c1-4-5-9(6(2)3,8(16)17)14-7(15)10(11,12)13/h4,6H,1,5H2,2-3H3,(H,14,15)(H,16,17)/t9-/m0/s1. The van der Waals surface area contributed by atoms with E-state index in [9.17, 15) is 22.8 Å². The van der Waals surface area contributed by atoms with Gasteiger partial charge in [0.1, 0.15) is 5.54 Å². The Labute approximate surface area is 96.5 Å². The molecule has 0 rings (SSSR count).